The fraction of sp³-hybridized carbons (Fsp3) is 0.500. The summed E-state index contributed by atoms with van der Waals surface area (Å²) in [6.07, 6.45) is 0.493. The minimum Gasteiger partial charge on any atom is -0.466 e. The zero-order valence-corrected chi connectivity index (χ0v) is 14.7. The molecule has 0 saturated carbocycles. The zero-order chi connectivity index (χ0) is 18.7. The van der Waals surface area contributed by atoms with Crippen molar-refractivity contribution in [2.45, 2.75) is 45.2 Å². The maximum absolute atomic E-state index is 12.2. The normalized spacial score (nSPS) is 12.8. The van der Waals surface area contributed by atoms with E-state index in [2.05, 4.69) is 5.32 Å². The lowest BCUT2D eigenvalue weighted by atomic mass is 10.0. The van der Waals surface area contributed by atoms with Crippen LogP contribution < -0.4 is 11.1 Å². The summed E-state index contributed by atoms with van der Waals surface area (Å²) in [4.78, 5) is 35.7. The summed E-state index contributed by atoms with van der Waals surface area (Å²) in [5.41, 5.74) is 6.70. The van der Waals surface area contributed by atoms with Crippen molar-refractivity contribution in [1.29, 1.82) is 0 Å². The van der Waals surface area contributed by atoms with Gasteiger partial charge in [0.15, 0.2) is 0 Å². The van der Waals surface area contributed by atoms with Gasteiger partial charge in [-0.3, -0.25) is 9.59 Å². The second kappa shape index (κ2) is 11.2. The van der Waals surface area contributed by atoms with Gasteiger partial charge in [-0.05, 0) is 25.8 Å². The van der Waals surface area contributed by atoms with Gasteiger partial charge >= 0.3 is 11.9 Å². The van der Waals surface area contributed by atoms with Gasteiger partial charge in [-0.25, -0.2) is 4.79 Å². The molecule has 1 amide bonds. The van der Waals surface area contributed by atoms with E-state index in [1.807, 2.05) is 30.3 Å². The molecule has 25 heavy (non-hydrogen) atoms. The Bertz CT molecular complexity index is 562. The molecule has 0 fully saturated rings. The van der Waals surface area contributed by atoms with E-state index in [-0.39, 0.29) is 26.1 Å². The molecule has 0 aliphatic rings. The topological polar surface area (TPSA) is 108 Å². The largest absolute Gasteiger partial charge is 0.466 e. The molecular weight excluding hydrogens is 324 g/mol. The molecule has 0 aliphatic heterocycles. The number of carbonyl (C=O) groups excluding carboxylic acids is 3. The fourth-order valence-electron chi connectivity index (χ4n) is 2.20. The molecule has 1 rings (SSSR count). The molecular formula is C18H26N2O5. The fourth-order valence-corrected chi connectivity index (χ4v) is 2.20. The Labute approximate surface area is 147 Å². The third kappa shape index (κ3) is 7.80. The molecule has 0 spiro atoms. The van der Waals surface area contributed by atoms with Crippen LogP contribution >= 0.6 is 0 Å². The van der Waals surface area contributed by atoms with Crippen LogP contribution in [0.1, 0.15) is 32.3 Å². The molecule has 1 aromatic carbocycles. The highest BCUT2D eigenvalue weighted by molar-refractivity contribution is 5.87. The van der Waals surface area contributed by atoms with Crippen molar-refractivity contribution in [2.24, 2.45) is 5.73 Å². The molecule has 2 atom stereocenters. The van der Waals surface area contributed by atoms with Crippen LogP contribution in [0.2, 0.25) is 0 Å². The lowest BCUT2D eigenvalue weighted by molar-refractivity contribution is -0.148. The highest BCUT2D eigenvalue weighted by Crippen LogP contribution is 2.06. The van der Waals surface area contributed by atoms with E-state index in [0.29, 0.717) is 6.42 Å². The minimum absolute atomic E-state index is 0.0468. The van der Waals surface area contributed by atoms with Gasteiger partial charge in [-0.15, -0.1) is 0 Å². The predicted octanol–water partition coefficient (Wildman–Crippen LogP) is 0.948. The number of hydrogen-bond donors (Lipinski definition) is 2. The van der Waals surface area contributed by atoms with Crippen molar-refractivity contribution in [3.63, 3.8) is 0 Å². The van der Waals surface area contributed by atoms with Gasteiger partial charge in [0.1, 0.15) is 6.04 Å². The van der Waals surface area contributed by atoms with Gasteiger partial charge in [0.2, 0.25) is 5.91 Å². The van der Waals surface area contributed by atoms with Crippen LogP contribution in [0.15, 0.2) is 30.3 Å². The monoisotopic (exact) mass is 350 g/mol. The Kier molecular flexibility index (Phi) is 9.24. The molecule has 7 nitrogen and oxygen atoms in total. The molecule has 0 aliphatic carbocycles. The first-order valence-corrected chi connectivity index (χ1v) is 8.40. The van der Waals surface area contributed by atoms with Crippen LogP contribution in [0.4, 0.5) is 0 Å². The molecule has 0 aromatic heterocycles. The first kappa shape index (κ1) is 20.6. The highest BCUT2D eigenvalue weighted by atomic mass is 16.5. The number of ether oxygens (including phenoxy) is 2. The Morgan fingerprint density at radius 2 is 1.72 bits per heavy atom. The third-order valence-corrected chi connectivity index (χ3v) is 3.47. The van der Waals surface area contributed by atoms with E-state index in [1.54, 1.807) is 13.8 Å². The molecule has 0 saturated heterocycles. The van der Waals surface area contributed by atoms with E-state index < -0.39 is 29.9 Å². The smallest absolute Gasteiger partial charge is 0.328 e. The van der Waals surface area contributed by atoms with E-state index in [1.165, 1.54) is 0 Å². The Morgan fingerprint density at radius 1 is 1.08 bits per heavy atom. The standard InChI is InChI=1S/C18H26N2O5/c1-3-24-16(21)11-10-14(19)17(22)20-15(18(23)25-4-2)12-13-8-6-5-7-9-13/h5-9,14-15H,3-4,10-12,19H2,1-2H3,(H,20,22)/t14-,15-/m0/s1. The number of carbonyl (C=O) groups is 3. The summed E-state index contributed by atoms with van der Waals surface area (Å²) in [6, 6.07) is 7.56. The van der Waals surface area contributed by atoms with Gasteiger partial charge in [0, 0.05) is 12.8 Å². The van der Waals surface area contributed by atoms with Gasteiger partial charge in [0.05, 0.1) is 19.3 Å². The molecule has 7 heteroatoms. The van der Waals surface area contributed by atoms with Crippen LogP contribution in [0.3, 0.4) is 0 Å². The summed E-state index contributed by atoms with van der Waals surface area (Å²) < 4.78 is 9.82. The number of nitrogens with two attached hydrogens (primary N) is 1. The number of rotatable bonds is 10. The van der Waals surface area contributed by atoms with E-state index in [0.717, 1.165) is 5.56 Å². The Balaban J connectivity index is 2.64. The molecule has 0 bridgehead atoms. The van der Waals surface area contributed by atoms with Crippen LogP contribution in [0.25, 0.3) is 0 Å². The molecule has 0 heterocycles. The van der Waals surface area contributed by atoms with Gasteiger partial charge in [0.25, 0.3) is 0 Å². The predicted molar refractivity (Wildman–Crippen MR) is 92.6 cm³/mol. The molecule has 0 unspecified atom stereocenters. The van der Waals surface area contributed by atoms with Gasteiger partial charge < -0.3 is 20.5 Å². The van der Waals surface area contributed by atoms with Gasteiger partial charge in [-0.1, -0.05) is 30.3 Å². The van der Waals surface area contributed by atoms with Crippen molar-refractivity contribution in [3.8, 4) is 0 Å². The lowest BCUT2D eigenvalue weighted by Gasteiger charge is -2.20. The van der Waals surface area contributed by atoms with E-state index in [9.17, 15) is 14.4 Å². The quantitative estimate of drug-likeness (QED) is 0.608. The second-order valence-corrected chi connectivity index (χ2v) is 5.45. The summed E-state index contributed by atoms with van der Waals surface area (Å²) in [6.45, 7) is 3.90. The van der Waals surface area contributed by atoms with Crippen LogP contribution in [0, 0.1) is 0 Å². The maximum atomic E-state index is 12.2. The van der Waals surface area contributed by atoms with Crippen LogP contribution in [0.5, 0.6) is 0 Å². The Hall–Kier alpha value is -2.41. The van der Waals surface area contributed by atoms with Crippen molar-refractivity contribution >= 4 is 17.8 Å². The van der Waals surface area contributed by atoms with Crippen molar-refractivity contribution < 1.29 is 23.9 Å². The summed E-state index contributed by atoms with van der Waals surface area (Å²) in [7, 11) is 0. The van der Waals surface area contributed by atoms with E-state index in [4.69, 9.17) is 15.2 Å². The zero-order valence-electron chi connectivity index (χ0n) is 14.7. The number of nitrogens with one attached hydrogen (secondary N) is 1. The SMILES string of the molecule is CCOC(=O)CC[C@H](N)C(=O)N[C@@H](Cc1ccccc1)C(=O)OCC. The second-order valence-electron chi connectivity index (χ2n) is 5.45. The third-order valence-electron chi connectivity index (χ3n) is 3.47. The summed E-state index contributed by atoms with van der Waals surface area (Å²) >= 11 is 0. The first-order chi connectivity index (χ1) is 12.0. The Morgan fingerprint density at radius 3 is 2.32 bits per heavy atom. The lowest BCUT2D eigenvalue weighted by Crippen LogP contribution is -2.50. The highest BCUT2D eigenvalue weighted by Gasteiger charge is 2.25. The number of esters is 2. The van der Waals surface area contributed by atoms with Crippen LogP contribution in [-0.2, 0) is 30.3 Å². The average molecular weight is 350 g/mol. The van der Waals surface area contributed by atoms with Crippen molar-refractivity contribution in [3.05, 3.63) is 35.9 Å². The average Bonchev–Trinajstić information content (AvgIpc) is 2.60. The number of hydrogen-bond acceptors (Lipinski definition) is 6. The summed E-state index contributed by atoms with van der Waals surface area (Å²) in [5, 5.41) is 2.61. The minimum atomic E-state index is -0.905. The first-order valence-electron chi connectivity index (χ1n) is 8.40. The van der Waals surface area contributed by atoms with E-state index >= 15 is 0 Å². The number of benzene rings is 1. The maximum Gasteiger partial charge on any atom is 0.328 e. The summed E-state index contributed by atoms with van der Waals surface area (Å²) in [5.74, 6) is -1.42. The van der Waals surface area contributed by atoms with Crippen molar-refractivity contribution in [1.82, 2.24) is 5.32 Å². The molecule has 0 radical (unpaired) electrons. The molecule has 1 aromatic rings. The molecule has 138 valence electrons. The van der Waals surface area contributed by atoms with Crippen molar-refractivity contribution in [2.75, 3.05) is 13.2 Å². The van der Waals surface area contributed by atoms with Crippen LogP contribution in [-0.4, -0.2) is 43.1 Å². The van der Waals surface area contributed by atoms with Gasteiger partial charge in [-0.2, -0.15) is 0 Å². The number of amides is 1. The molecule has 3 N–H and O–H groups in total.